The van der Waals surface area contributed by atoms with Gasteiger partial charge in [0, 0.05) is 44.6 Å². The van der Waals surface area contributed by atoms with Gasteiger partial charge in [-0.3, -0.25) is 33.8 Å². The van der Waals surface area contributed by atoms with E-state index in [9.17, 15) is 37.2 Å². The molecule has 0 radical (unpaired) electrons. The molecule has 19 nitrogen and oxygen atoms in total. The summed E-state index contributed by atoms with van der Waals surface area (Å²) < 4.78 is 36.2. The second kappa shape index (κ2) is 23.9. The predicted molar refractivity (Wildman–Crippen MR) is 269 cm³/mol. The van der Waals surface area contributed by atoms with Crippen molar-refractivity contribution in [3.63, 3.8) is 0 Å². The lowest BCUT2D eigenvalue weighted by Gasteiger charge is -2.31. The number of fused-ring (bicyclic) bond motifs is 3. The summed E-state index contributed by atoms with van der Waals surface area (Å²) in [7, 11) is -4.18. The Morgan fingerprint density at radius 1 is 0.789 bits per heavy atom. The molecule has 4 aliphatic heterocycles. The molecule has 2 fully saturated rings. The van der Waals surface area contributed by atoms with E-state index in [2.05, 4.69) is 31.0 Å². The van der Waals surface area contributed by atoms with Gasteiger partial charge >= 0.3 is 0 Å². The average Bonchev–Trinajstić information content (AvgIpc) is 4.10. The van der Waals surface area contributed by atoms with Gasteiger partial charge in [0.2, 0.25) is 41.4 Å². The average molecular weight is 1000 g/mol. The highest BCUT2D eigenvalue weighted by atomic mass is 32.2. The maximum absolute atomic E-state index is 14.4. The fourth-order valence-electron chi connectivity index (χ4n) is 10.00. The number of sulfonamides is 1. The lowest BCUT2D eigenvalue weighted by molar-refractivity contribution is -0.143. The number of carbonyl (C=O) groups is 6. The molecule has 0 unspecified atom stereocenters. The van der Waals surface area contributed by atoms with Crippen molar-refractivity contribution in [2.24, 2.45) is 16.5 Å². The summed E-state index contributed by atoms with van der Waals surface area (Å²) in [5.41, 5.74) is 15.5. The highest BCUT2D eigenvalue weighted by Gasteiger charge is 2.41. The molecule has 4 heterocycles. The minimum atomic E-state index is -4.18. The van der Waals surface area contributed by atoms with Gasteiger partial charge in [-0.05, 0) is 134 Å². The first-order chi connectivity index (χ1) is 33.7. The highest BCUT2D eigenvalue weighted by molar-refractivity contribution is 7.90. The molecule has 9 N–H and O–H groups in total. The smallest absolute Gasteiger partial charge is 0.264 e. The van der Waals surface area contributed by atoms with Crippen LogP contribution in [0.25, 0.3) is 0 Å². The number of carbonyl (C=O) groups excluding carboxylic acids is 6. The van der Waals surface area contributed by atoms with E-state index in [0.29, 0.717) is 87.6 Å². The fraction of sp³-hybridized carbons (Fsp3) is 0.588. The van der Waals surface area contributed by atoms with Crippen molar-refractivity contribution in [1.29, 1.82) is 0 Å². The van der Waals surface area contributed by atoms with Gasteiger partial charge in [-0.2, -0.15) is 0 Å². The number of allylic oxidation sites excluding steroid dienone is 2. The highest BCUT2D eigenvalue weighted by Crippen LogP contribution is 2.43. The Morgan fingerprint density at radius 3 is 2.08 bits per heavy atom. The summed E-state index contributed by atoms with van der Waals surface area (Å²) in [6.45, 7) is 11.6. The first-order valence-electron chi connectivity index (χ1n) is 25.1. The van der Waals surface area contributed by atoms with Crippen LogP contribution in [0.4, 0.5) is 0 Å². The molecule has 0 aliphatic carbocycles. The molecule has 2 aromatic rings. The first-order valence-corrected chi connectivity index (χ1v) is 26.6. The van der Waals surface area contributed by atoms with Crippen molar-refractivity contribution in [3.8, 4) is 5.75 Å². The molecule has 0 bridgehead atoms. The number of hydrogen-bond donors (Lipinski definition) is 7. The summed E-state index contributed by atoms with van der Waals surface area (Å²) in [6, 6.07) is 3.37. The molecule has 2 saturated heterocycles. The second-order valence-corrected chi connectivity index (χ2v) is 21.5. The van der Waals surface area contributed by atoms with Gasteiger partial charge in [-0.1, -0.05) is 42.5 Å². The Kier molecular flexibility index (Phi) is 18.3. The molecule has 0 spiro atoms. The Labute approximate surface area is 418 Å². The van der Waals surface area contributed by atoms with E-state index in [-0.39, 0.29) is 55.7 Å². The van der Waals surface area contributed by atoms with E-state index in [4.69, 9.17) is 16.2 Å². The van der Waals surface area contributed by atoms with Crippen molar-refractivity contribution in [2.45, 2.75) is 172 Å². The number of aliphatic imine (C=N–C) groups is 1. The van der Waals surface area contributed by atoms with E-state index in [1.54, 1.807) is 13.8 Å². The van der Waals surface area contributed by atoms with Crippen LogP contribution in [-0.2, 0) is 51.6 Å². The SMILES string of the molecule is Cc1c(C)c(S(=O)(=O)NC(N)=NCCC[C@@H]2NC(=O)[C@H](C)NC(=O)[C@@H]3CCCN3C(=O)[C@H](Cc3ccccc3)NC(=O)[C@@H](N)CCC/C=C/CCCNC(=O)[C@@H]3CCCN3C2=O)c(C)c2c1OC(C)(C)C2. The third-order valence-electron chi connectivity index (χ3n) is 13.9. The van der Waals surface area contributed by atoms with E-state index >= 15 is 0 Å². The molecule has 6 amide bonds. The van der Waals surface area contributed by atoms with Crippen molar-refractivity contribution in [2.75, 3.05) is 26.2 Å². The molecule has 0 aromatic heterocycles. The Morgan fingerprint density at radius 2 is 1.41 bits per heavy atom. The van der Waals surface area contributed by atoms with Crippen molar-refractivity contribution < 1.29 is 41.9 Å². The van der Waals surface area contributed by atoms with Crippen molar-refractivity contribution in [1.82, 2.24) is 35.8 Å². The van der Waals surface area contributed by atoms with E-state index < -0.39 is 81.4 Å². The topological polar surface area (TPSA) is 277 Å². The van der Waals surface area contributed by atoms with Crippen molar-refractivity contribution >= 4 is 51.4 Å². The van der Waals surface area contributed by atoms with Crippen LogP contribution in [-0.4, -0.2) is 128 Å². The van der Waals surface area contributed by atoms with E-state index in [0.717, 1.165) is 16.7 Å². The minimum absolute atomic E-state index is 0.0228. The van der Waals surface area contributed by atoms with Crippen LogP contribution in [0.1, 0.15) is 119 Å². The number of amides is 6. The van der Waals surface area contributed by atoms with Gasteiger partial charge < -0.3 is 47.3 Å². The molecular formula is C51H74N10O9S. The first kappa shape index (κ1) is 54.3. The van der Waals surface area contributed by atoms with Gasteiger partial charge in [0.1, 0.15) is 41.6 Å². The lowest BCUT2D eigenvalue weighted by atomic mass is 9.94. The van der Waals surface area contributed by atoms with E-state index in [1.165, 1.54) is 16.7 Å². The molecule has 4 aliphatic rings. The number of benzene rings is 2. The number of rotatable bonds is 8. The zero-order chi connectivity index (χ0) is 51.6. The third kappa shape index (κ3) is 13.7. The summed E-state index contributed by atoms with van der Waals surface area (Å²) in [5.74, 6) is -2.61. The van der Waals surface area contributed by atoms with Crippen LogP contribution >= 0.6 is 0 Å². The number of nitrogens with two attached hydrogens (primary N) is 2. The Balaban J connectivity index is 1.18. The van der Waals surface area contributed by atoms with E-state index in [1.807, 2.05) is 63.3 Å². The molecule has 20 heteroatoms. The largest absolute Gasteiger partial charge is 0.487 e. The Hall–Kier alpha value is -6.02. The van der Waals surface area contributed by atoms with Gasteiger partial charge in [-0.15, -0.1) is 0 Å². The minimum Gasteiger partial charge on any atom is -0.487 e. The molecule has 0 saturated carbocycles. The van der Waals surface area contributed by atoms with Crippen LogP contribution in [0, 0.1) is 20.8 Å². The second-order valence-electron chi connectivity index (χ2n) is 19.9. The van der Waals surface area contributed by atoms with Crippen LogP contribution in [0.2, 0.25) is 0 Å². The standard InChI is InChI=1S/C51H74N10O9S/c1-31-32(2)43(33(3)36-30-51(5,6)70-42(31)36)71(68,69)59-50(53)55-26-16-22-38-48(66)60-27-17-23-40(60)46(64)54-25-15-10-8-7-9-14-21-37(52)45(63)58-39(29-35-19-12-11-13-20-35)49(67)61-28-18-24-41(61)47(65)56-34(4)44(62)57-38/h7-8,11-13,19-20,34,37-41H,9-10,14-18,21-30,52H2,1-6H3,(H,54,64)(H,56,65)(H,57,62)(H,58,63)(H3,53,55,59)/b8-7+/t34-,37-,38-,39-,40-,41-/m0/s1. The number of nitrogens with one attached hydrogen (secondary N) is 5. The number of nitrogens with zero attached hydrogens (tertiary/aromatic N) is 3. The quantitative estimate of drug-likeness (QED) is 0.0873. The number of hydrogen-bond acceptors (Lipinski definition) is 11. The maximum atomic E-state index is 14.4. The lowest BCUT2D eigenvalue weighted by Crippen LogP contribution is -2.59. The predicted octanol–water partition coefficient (Wildman–Crippen LogP) is 2.36. The molecule has 71 heavy (non-hydrogen) atoms. The van der Waals surface area contributed by atoms with Crippen LogP contribution < -0.4 is 42.2 Å². The van der Waals surface area contributed by atoms with Crippen LogP contribution in [0.3, 0.4) is 0 Å². The Bertz CT molecular complexity index is 2480. The zero-order valence-electron chi connectivity index (χ0n) is 42.1. The van der Waals surface area contributed by atoms with Gasteiger partial charge in [0.15, 0.2) is 0 Å². The molecule has 6 atom stereocenters. The van der Waals surface area contributed by atoms with Crippen LogP contribution in [0.15, 0.2) is 52.4 Å². The summed E-state index contributed by atoms with van der Waals surface area (Å²) >= 11 is 0. The van der Waals surface area contributed by atoms with Crippen LogP contribution in [0.5, 0.6) is 5.75 Å². The molecule has 388 valence electrons. The van der Waals surface area contributed by atoms with Gasteiger partial charge in [-0.25, -0.2) is 13.1 Å². The number of ether oxygens (including phenoxy) is 1. The van der Waals surface area contributed by atoms with Gasteiger partial charge in [0.05, 0.1) is 10.9 Å². The maximum Gasteiger partial charge on any atom is 0.264 e. The fourth-order valence-corrected chi connectivity index (χ4v) is 11.5. The van der Waals surface area contributed by atoms with Crippen molar-refractivity contribution in [3.05, 3.63) is 70.3 Å². The number of guanidine groups is 1. The third-order valence-corrected chi connectivity index (χ3v) is 15.5. The summed E-state index contributed by atoms with van der Waals surface area (Å²) in [4.78, 5) is 90.9. The normalized spacial score (nSPS) is 26.0. The summed E-state index contributed by atoms with van der Waals surface area (Å²) in [6.07, 6.45) is 9.84. The molecule has 6 rings (SSSR count). The zero-order valence-corrected chi connectivity index (χ0v) is 42.9. The molecule has 2 aromatic carbocycles. The molecular weight excluding hydrogens is 929 g/mol. The monoisotopic (exact) mass is 1000 g/mol. The van der Waals surface area contributed by atoms with Gasteiger partial charge in [0.25, 0.3) is 10.0 Å². The summed E-state index contributed by atoms with van der Waals surface area (Å²) in [5, 5.41) is 11.4.